The van der Waals surface area contributed by atoms with Crippen LogP contribution in [0.4, 0.5) is 0 Å². The minimum Gasteiger partial charge on any atom is -0.611 e. The van der Waals surface area contributed by atoms with Gasteiger partial charge in [0.25, 0.3) is 0 Å². The van der Waals surface area contributed by atoms with Crippen molar-refractivity contribution in [1.82, 2.24) is 4.90 Å². The van der Waals surface area contributed by atoms with Crippen molar-refractivity contribution in [2.24, 2.45) is 0 Å². The fourth-order valence-corrected chi connectivity index (χ4v) is 0.552. The van der Waals surface area contributed by atoms with Crippen molar-refractivity contribution in [3.8, 4) is 0 Å². The molecule has 0 aliphatic rings. The average Bonchev–Trinajstić information content (AvgIpc) is 1.63. The molecule has 12 heavy (non-hydrogen) atoms. The van der Waals surface area contributed by atoms with Crippen molar-refractivity contribution < 1.29 is 68.0 Å². The van der Waals surface area contributed by atoms with Crippen LogP contribution in [0.5, 0.6) is 0 Å². The molecule has 0 atom stereocenters. The summed E-state index contributed by atoms with van der Waals surface area (Å²) >= 11 is 0. The van der Waals surface area contributed by atoms with Gasteiger partial charge in [-0.15, -0.1) is 0 Å². The standard InChI is InChI=1S/C7H13NO.3W/c1-7(9)5-4-6-8(2)3;;;/h2-6H2,1H3;;;/q-2;;;. The van der Waals surface area contributed by atoms with E-state index in [2.05, 4.69) is 14.1 Å². The molecule has 0 aromatic carbocycles. The van der Waals surface area contributed by atoms with E-state index in [1.807, 2.05) is 0 Å². The first-order valence-electron chi connectivity index (χ1n) is 3.01. The van der Waals surface area contributed by atoms with Crippen molar-refractivity contribution in [1.29, 1.82) is 0 Å². The second-order valence-electron chi connectivity index (χ2n) is 2.20. The van der Waals surface area contributed by atoms with Crippen LogP contribution < -0.4 is 0 Å². The molecule has 2 nitrogen and oxygen atoms in total. The Kier molecular flexibility index (Phi) is 29.7. The van der Waals surface area contributed by atoms with Crippen LogP contribution in [0.25, 0.3) is 0 Å². The molecule has 0 fully saturated rings. The van der Waals surface area contributed by atoms with Crippen molar-refractivity contribution in [2.75, 3.05) is 6.54 Å². The van der Waals surface area contributed by atoms with Crippen LogP contribution in [0.3, 0.4) is 0 Å². The van der Waals surface area contributed by atoms with Gasteiger partial charge in [0.15, 0.2) is 0 Å². The molecule has 5 heteroatoms. The molecule has 0 saturated heterocycles. The minimum atomic E-state index is 0. The number of ketones is 1. The first-order valence-corrected chi connectivity index (χ1v) is 3.01. The fourth-order valence-electron chi connectivity index (χ4n) is 0.552. The molecule has 0 aliphatic carbocycles. The maximum absolute atomic E-state index is 10.4. The van der Waals surface area contributed by atoms with E-state index in [-0.39, 0.29) is 69.0 Å². The molecule has 0 aromatic rings. The molecule has 0 N–H and O–H groups in total. The quantitative estimate of drug-likeness (QED) is 0.418. The topological polar surface area (TPSA) is 20.3 Å². The SMILES string of the molecule is [CH2-]N([CH2-])CCCC(C)=O.[W].[W].[W]. The van der Waals surface area contributed by atoms with Crippen LogP contribution >= 0.6 is 0 Å². The molecule has 0 saturated carbocycles. The predicted molar refractivity (Wildman–Crippen MR) is 37.3 cm³/mol. The normalized spacial score (nSPS) is 7.67. The average molecular weight is 679 g/mol. The number of Topliss-reactive ketones (excluding diaryl/α,β-unsaturated/α-hetero) is 1. The third-order valence-corrected chi connectivity index (χ3v) is 1.00. The monoisotopic (exact) mass is 679 g/mol. The van der Waals surface area contributed by atoms with Crippen LogP contribution in [-0.4, -0.2) is 17.2 Å². The van der Waals surface area contributed by atoms with E-state index in [4.69, 9.17) is 0 Å². The summed E-state index contributed by atoms with van der Waals surface area (Å²) in [5, 5.41) is 0. The second-order valence-corrected chi connectivity index (χ2v) is 2.20. The Bertz CT molecular complexity index is 98.7. The Morgan fingerprint density at radius 3 is 1.92 bits per heavy atom. The van der Waals surface area contributed by atoms with Crippen LogP contribution in [-0.2, 0) is 68.0 Å². The Labute approximate surface area is 118 Å². The van der Waals surface area contributed by atoms with E-state index in [0.717, 1.165) is 13.0 Å². The Hall–Kier alpha value is 1.69. The number of carbonyl (C=O) groups excluding carboxylic acids is 1. The van der Waals surface area contributed by atoms with Crippen LogP contribution in [0.1, 0.15) is 19.8 Å². The molecule has 0 aliphatic heterocycles. The summed E-state index contributed by atoms with van der Waals surface area (Å²) in [4.78, 5) is 12.0. The summed E-state index contributed by atoms with van der Waals surface area (Å²) < 4.78 is 0. The zero-order chi connectivity index (χ0) is 7.28. The van der Waals surface area contributed by atoms with Gasteiger partial charge in [-0.2, -0.15) is 0 Å². The van der Waals surface area contributed by atoms with Gasteiger partial charge < -0.3 is 23.8 Å². The van der Waals surface area contributed by atoms with Crippen LogP contribution in [0.2, 0.25) is 0 Å². The summed E-state index contributed by atoms with van der Waals surface area (Å²) in [6, 6.07) is 0. The Balaban J connectivity index is -0.000000107. The molecular weight excluding hydrogens is 666 g/mol. The van der Waals surface area contributed by atoms with Gasteiger partial charge in [-0.25, -0.2) is 0 Å². The zero-order valence-electron chi connectivity index (χ0n) is 7.12. The molecule has 0 heterocycles. The van der Waals surface area contributed by atoms with E-state index >= 15 is 0 Å². The molecule has 0 rings (SSSR count). The first-order chi connectivity index (χ1) is 4.13. The third-order valence-electron chi connectivity index (χ3n) is 1.00. The van der Waals surface area contributed by atoms with Crippen molar-refractivity contribution in [3.63, 3.8) is 0 Å². The number of hydrogen-bond acceptors (Lipinski definition) is 2. The summed E-state index contributed by atoms with van der Waals surface area (Å²) in [7, 11) is 7.09. The molecule has 0 aromatic heterocycles. The minimum absolute atomic E-state index is 0. The van der Waals surface area contributed by atoms with Crippen LogP contribution in [0, 0.1) is 14.1 Å². The van der Waals surface area contributed by atoms with Crippen molar-refractivity contribution >= 4 is 5.78 Å². The molecule has 0 unspecified atom stereocenters. The van der Waals surface area contributed by atoms with Gasteiger partial charge in [0.05, 0.1) is 0 Å². The number of rotatable bonds is 4. The van der Waals surface area contributed by atoms with Gasteiger partial charge in [-0.1, -0.05) is 6.54 Å². The largest absolute Gasteiger partial charge is 0.611 e. The predicted octanol–water partition coefficient (Wildman–Crippen LogP) is 1.23. The summed E-state index contributed by atoms with van der Waals surface area (Å²) in [5.41, 5.74) is 0. The molecular formula is C7H13NOW3-2. The van der Waals surface area contributed by atoms with Gasteiger partial charge in [0.2, 0.25) is 0 Å². The number of nitrogens with zero attached hydrogens (tertiary/aromatic N) is 1. The third kappa shape index (κ3) is 22.6. The van der Waals surface area contributed by atoms with Gasteiger partial charge in [0.1, 0.15) is 5.78 Å². The Morgan fingerprint density at radius 2 is 1.67 bits per heavy atom. The van der Waals surface area contributed by atoms with Gasteiger partial charge >= 0.3 is 0 Å². The van der Waals surface area contributed by atoms with Gasteiger partial charge in [0, 0.05) is 69.6 Å². The molecule has 0 spiro atoms. The van der Waals surface area contributed by atoms with E-state index in [9.17, 15) is 4.79 Å². The van der Waals surface area contributed by atoms with Gasteiger partial charge in [-0.3, -0.25) is 0 Å². The summed E-state index contributed by atoms with van der Waals surface area (Å²) in [5.74, 6) is 0.233. The van der Waals surface area contributed by atoms with Crippen LogP contribution in [0.15, 0.2) is 0 Å². The molecule has 0 bridgehead atoms. The fraction of sp³-hybridized carbons (Fsp3) is 0.571. The molecule has 0 radical (unpaired) electrons. The van der Waals surface area contributed by atoms with E-state index in [1.54, 1.807) is 11.8 Å². The van der Waals surface area contributed by atoms with Crippen molar-refractivity contribution in [3.05, 3.63) is 14.1 Å². The summed E-state index contributed by atoms with van der Waals surface area (Å²) in [6.07, 6.45) is 1.50. The first kappa shape index (κ1) is 23.5. The zero-order valence-corrected chi connectivity index (χ0v) is 15.9. The smallest absolute Gasteiger partial charge is 0.129 e. The van der Waals surface area contributed by atoms with E-state index < -0.39 is 0 Å². The number of carbonyl (C=O) groups is 1. The second kappa shape index (κ2) is 15.2. The van der Waals surface area contributed by atoms with Gasteiger partial charge in [-0.05, 0) is 13.3 Å². The maximum Gasteiger partial charge on any atom is 0.129 e. The maximum atomic E-state index is 10.4. The molecule has 0 amide bonds. The van der Waals surface area contributed by atoms with E-state index in [0.29, 0.717) is 6.42 Å². The van der Waals surface area contributed by atoms with E-state index in [1.165, 1.54) is 0 Å². The number of hydrogen-bond donors (Lipinski definition) is 0. The van der Waals surface area contributed by atoms with Crippen molar-refractivity contribution in [2.45, 2.75) is 19.8 Å². The molecule has 72 valence electrons. The Morgan fingerprint density at radius 1 is 1.25 bits per heavy atom. The summed E-state index contributed by atoms with van der Waals surface area (Å²) in [6.45, 7) is 2.39.